The van der Waals surface area contributed by atoms with E-state index in [-0.39, 0.29) is 5.60 Å². The van der Waals surface area contributed by atoms with E-state index < -0.39 is 0 Å². The number of halogens is 1. The number of ether oxygens (including phenoxy) is 1. The monoisotopic (exact) mass is 241 g/mol. The molecule has 1 aromatic heterocycles. The molecule has 2 heterocycles. The van der Waals surface area contributed by atoms with Crippen LogP contribution in [0.25, 0.3) is 0 Å². The van der Waals surface area contributed by atoms with Crippen molar-refractivity contribution in [3.8, 4) is 0 Å². The molecule has 0 spiro atoms. The largest absolute Gasteiger partial charge is 0.396 e. The first-order chi connectivity index (χ1) is 7.59. The average Bonchev–Trinajstić information content (AvgIpc) is 2.64. The Morgan fingerprint density at radius 1 is 1.69 bits per heavy atom. The average molecular weight is 242 g/mol. The summed E-state index contributed by atoms with van der Waals surface area (Å²) in [7, 11) is 0. The van der Waals surface area contributed by atoms with E-state index in [1.165, 1.54) is 0 Å². The highest BCUT2D eigenvalue weighted by Gasteiger charge is 2.29. The summed E-state index contributed by atoms with van der Waals surface area (Å²) in [5, 5.41) is 3.75. The summed E-state index contributed by atoms with van der Waals surface area (Å²) in [6, 6.07) is 1.69. The quantitative estimate of drug-likeness (QED) is 0.853. The van der Waals surface area contributed by atoms with Crippen LogP contribution in [-0.4, -0.2) is 23.7 Å². The summed E-state index contributed by atoms with van der Waals surface area (Å²) in [5.74, 6) is 0.668. The first-order valence-corrected chi connectivity index (χ1v) is 5.76. The third kappa shape index (κ3) is 2.57. The summed E-state index contributed by atoms with van der Waals surface area (Å²) in [6.07, 6.45) is 3.76. The Hall–Kier alpha value is -1.00. The summed E-state index contributed by atoms with van der Waals surface area (Å²) in [5.41, 5.74) is 6.26. The van der Waals surface area contributed by atoms with Gasteiger partial charge in [0.2, 0.25) is 0 Å². The lowest BCUT2D eigenvalue weighted by Gasteiger charge is -2.24. The van der Waals surface area contributed by atoms with Gasteiger partial charge in [-0.25, -0.2) is 4.98 Å². The summed E-state index contributed by atoms with van der Waals surface area (Å²) >= 11 is 5.78. The van der Waals surface area contributed by atoms with Gasteiger partial charge in [0.1, 0.15) is 5.82 Å². The number of hydrogen-bond acceptors (Lipinski definition) is 4. The molecule has 5 heteroatoms. The second-order valence-corrected chi connectivity index (χ2v) is 4.78. The van der Waals surface area contributed by atoms with Gasteiger partial charge in [-0.1, -0.05) is 11.6 Å². The normalized spacial score (nSPS) is 24.6. The van der Waals surface area contributed by atoms with Gasteiger partial charge in [-0.05, 0) is 25.8 Å². The maximum absolute atomic E-state index is 5.80. The zero-order valence-electron chi connectivity index (χ0n) is 9.29. The van der Waals surface area contributed by atoms with Crippen LogP contribution >= 0.6 is 11.6 Å². The van der Waals surface area contributed by atoms with Crippen molar-refractivity contribution in [2.45, 2.75) is 25.4 Å². The van der Waals surface area contributed by atoms with Crippen LogP contribution in [0.4, 0.5) is 11.5 Å². The van der Waals surface area contributed by atoms with Crippen LogP contribution in [0.15, 0.2) is 12.3 Å². The van der Waals surface area contributed by atoms with Gasteiger partial charge < -0.3 is 15.8 Å². The number of nitrogens with two attached hydrogens (primary N) is 1. The zero-order chi connectivity index (χ0) is 11.6. The van der Waals surface area contributed by atoms with Crippen LogP contribution in [0.3, 0.4) is 0 Å². The molecule has 0 aliphatic carbocycles. The minimum atomic E-state index is -0.103. The SMILES string of the molecule is CC1(CNc2ncc(Cl)cc2N)CCCO1. The van der Waals surface area contributed by atoms with Gasteiger partial charge in [0, 0.05) is 19.3 Å². The van der Waals surface area contributed by atoms with Crippen molar-refractivity contribution in [1.82, 2.24) is 4.98 Å². The fourth-order valence-electron chi connectivity index (χ4n) is 1.85. The molecule has 2 rings (SSSR count). The Morgan fingerprint density at radius 3 is 3.12 bits per heavy atom. The standard InChI is InChI=1S/C11H16ClN3O/c1-11(3-2-4-16-11)7-15-10-9(13)5-8(12)6-14-10/h5-6H,2-4,7,13H2,1H3,(H,14,15). The molecule has 1 aliphatic rings. The lowest BCUT2D eigenvalue weighted by molar-refractivity contribution is 0.0315. The molecule has 1 unspecified atom stereocenters. The van der Waals surface area contributed by atoms with Crippen LogP contribution in [0.5, 0.6) is 0 Å². The van der Waals surface area contributed by atoms with Crippen molar-refractivity contribution >= 4 is 23.1 Å². The third-order valence-corrected chi connectivity index (χ3v) is 3.02. The molecule has 0 aromatic carbocycles. The predicted octanol–water partition coefficient (Wildman–Crippen LogP) is 2.30. The summed E-state index contributed by atoms with van der Waals surface area (Å²) in [4.78, 5) is 4.15. The predicted molar refractivity (Wildman–Crippen MR) is 65.7 cm³/mol. The van der Waals surface area contributed by atoms with E-state index in [1.54, 1.807) is 12.3 Å². The van der Waals surface area contributed by atoms with E-state index >= 15 is 0 Å². The summed E-state index contributed by atoms with van der Waals surface area (Å²) < 4.78 is 5.67. The highest BCUT2D eigenvalue weighted by molar-refractivity contribution is 6.30. The Kier molecular flexibility index (Phi) is 3.21. The maximum atomic E-state index is 5.80. The highest BCUT2D eigenvalue weighted by Crippen LogP contribution is 2.26. The van der Waals surface area contributed by atoms with Gasteiger partial charge in [0.15, 0.2) is 0 Å². The number of nitrogens with one attached hydrogen (secondary N) is 1. The molecule has 0 radical (unpaired) electrons. The Labute approximate surface area is 100 Å². The molecule has 0 bridgehead atoms. The van der Waals surface area contributed by atoms with E-state index in [0.717, 1.165) is 19.4 Å². The first-order valence-electron chi connectivity index (χ1n) is 5.38. The topological polar surface area (TPSA) is 60.2 Å². The van der Waals surface area contributed by atoms with E-state index in [1.807, 2.05) is 0 Å². The summed E-state index contributed by atoms with van der Waals surface area (Å²) in [6.45, 7) is 3.65. The van der Waals surface area contributed by atoms with Gasteiger partial charge in [0.25, 0.3) is 0 Å². The molecule has 88 valence electrons. The molecule has 0 saturated carbocycles. The van der Waals surface area contributed by atoms with Crippen molar-refractivity contribution < 1.29 is 4.74 Å². The highest BCUT2D eigenvalue weighted by atomic mass is 35.5. The Morgan fingerprint density at radius 2 is 2.50 bits per heavy atom. The maximum Gasteiger partial charge on any atom is 0.149 e. The van der Waals surface area contributed by atoms with Gasteiger partial charge >= 0.3 is 0 Å². The van der Waals surface area contributed by atoms with E-state index in [2.05, 4.69) is 17.2 Å². The van der Waals surface area contributed by atoms with Crippen molar-refractivity contribution in [2.75, 3.05) is 24.2 Å². The Balaban J connectivity index is 1.99. The number of rotatable bonds is 3. The van der Waals surface area contributed by atoms with Crippen LogP contribution < -0.4 is 11.1 Å². The van der Waals surface area contributed by atoms with Crippen LogP contribution in [0, 0.1) is 0 Å². The number of pyridine rings is 1. The van der Waals surface area contributed by atoms with Crippen molar-refractivity contribution in [3.63, 3.8) is 0 Å². The lowest BCUT2D eigenvalue weighted by Crippen LogP contribution is -2.32. The fraction of sp³-hybridized carbons (Fsp3) is 0.545. The molecule has 0 amide bonds. The van der Waals surface area contributed by atoms with Crippen molar-refractivity contribution in [1.29, 1.82) is 0 Å². The molecule has 1 fully saturated rings. The molecular formula is C11H16ClN3O. The zero-order valence-corrected chi connectivity index (χ0v) is 10.0. The minimum Gasteiger partial charge on any atom is -0.396 e. The number of anilines is 2. The van der Waals surface area contributed by atoms with Crippen molar-refractivity contribution in [3.05, 3.63) is 17.3 Å². The van der Waals surface area contributed by atoms with Gasteiger partial charge in [0.05, 0.1) is 16.3 Å². The second kappa shape index (κ2) is 4.47. The lowest BCUT2D eigenvalue weighted by atomic mass is 10.0. The molecule has 1 saturated heterocycles. The third-order valence-electron chi connectivity index (χ3n) is 2.81. The molecule has 3 N–H and O–H groups in total. The molecule has 1 atom stereocenters. The van der Waals surface area contributed by atoms with Gasteiger partial charge in [-0.15, -0.1) is 0 Å². The number of hydrogen-bond donors (Lipinski definition) is 2. The fourth-order valence-corrected chi connectivity index (χ4v) is 2.02. The van der Waals surface area contributed by atoms with Crippen LogP contribution in [0.1, 0.15) is 19.8 Å². The van der Waals surface area contributed by atoms with Gasteiger partial charge in [-0.3, -0.25) is 0 Å². The number of nitrogen functional groups attached to an aromatic ring is 1. The Bertz CT molecular complexity index is 377. The molecule has 1 aliphatic heterocycles. The van der Waals surface area contributed by atoms with Gasteiger partial charge in [-0.2, -0.15) is 0 Å². The van der Waals surface area contributed by atoms with E-state index in [0.29, 0.717) is 23.1 Å². The van der Waals surface area contributed by atoms with Crippen LogP contribution in [0.2, 0.25) is 5.02 Å². The van der Waals surface area contributed by atoms with E-state index in [4.69, 9.17) is 22.1 Å². The number of aromatic nitrogens is 1. The molecule has 16 heavy (non-hydrogen) atoms. The molecular weight excluding hydrogens is 226 g/mol. The molecule has 4 nitrogen and oxygen atoms in total. The van der Waals surface area contributed by atoms with E-state index in [9.17, 15) is 0 Å². The smallest absolute Gasteiger partial charge is 0.149 e. The number of nitrogens with zero attached hydrogens (tertiary/aromatic N) is 1. The molecule has 1 aromatic rings. The minimum absolute atomic E-state index is 0.103. The van der Waals surface area contributed by atoms with Crippen molar-refractivity contribution in [2.24, 2.45) is 0 Å². The first kappa shape index (κ1) is 11.5. The second-order valence-electron chi connectivity index (χ2n) is 4.35. The van der Waals surface area contributed by atoms with Crippen LogP contribution in [-0.2, 0) is 4.74 Å².